The minimum absolute atomic E-state index is 0.145. The van der Waals surface area contributed by atoms with Crippen LogP contribution in [0.5, 0.6) is 0 Å². The van der Waals surface area contributed by atoms with Crippen LogP contribution in [-0.2, 0) is 11.2 Å². The molecule has 0 unspecified atom stereocenters. The van der Waals surface area contributed by atoms with Crippen molar-refractivity contribution in [1.29, 1.82) is 0 Å². The first-order valence-corrected chi connectivity index (χ1v) is 11.0. The zero-order chi connectivity index (χ0) is 22.8. The van der Waals surface area contributed by atoms with Crippen molar-refractivity contribution < 1.29 is 9.21 Å². The van der Waals surface area contributed by atoms with Crippen LogP contribution in [0.4, 0.5) is 5.82 Å². The number of aromatic nitrogens is 3. The lowest BCUT2D eigenvalue weighted by atomic mass is 10.1. The lowest BCUT2D eigenvalue weighted by Gasteiger charge is -2.08. The first-order chi connectivity index (χ1) is 16.1. The third kappa shape index (κ3) is 4.25. The first-order valence-electron chi connectivity index (χ1n) is 10.6. The van der Waals surface area contributed by atoms with Gasteiger partial charge in [-0.2, -0.15) is 0 Å². The van der Waals surface area contributed by atoms with Crippen LogP contribution in [-0.4, -0.2) is 20.3 Å². The number of carbonyl (C=O) groups excluding carboxylic acids is 1. The van der Waals surface area contributed by atoms with Gasteiger partial charge in [-0.3, -0.25) is 9.20 Å². The zero-order valence-corrected chi connectivity index (χ0v) is 18.7. The van der Waals surface area contributed by atoms with Gasteiger partial charge in [0, 0.05) is 30.2 Å². The largest absolute Gasteiger partial charge is 0.441 e. The Morgan fingerprint density at radius 3 is 2.67 bits per heavy atom. The third-order valence-electron chi connectivity index (χ3n) is 5.41. The normalized spacial score (nSPS) is 11.1. The molecule has 0 aliphatic rings. The van der Waals surface area contributed by atoms with E-state index in [9.17, 15) is 4.79 Å². The summed E-state index contributed by atoms with van der Waals surface area (Å²) in [5, 5.41) is 3.64. The molecule has 5 rings (SSSR count). The van der Waals surface area contributed by atoms with E-state index in [1.807, 2.05) is 78.2 Å². The quantitative estimate of drug-likeness (QED) is 0.330. The van der Waals surface area contributed by atoms with Gasteiger partial charge in [-0.1, -0.05) is 60.1 Å². The summed E-state index contributed by atoms with van der Waals surface area (Å²) in [5.41, 5.74) is 4.28. The predicted octanol–water partition coefficient (Wildman–Crippen LogP) is 6.19. The van der Waals surface area contributed by atoms with E-state index in [-0.39, 0.29) is 12.3 Å². The van der Waals surface area contributed by atoms with Crippen LogP contribution in [0, 0.1) is 6.92 Å². The molecular formula is C26H21ClN4O2. The SMILES string of the molecule is Cc1cccn2c(NC(=O)CCc3ncc(-c4ccccc4Cl)o3)c(-c3ccccc3)nc12. The monoisotopic (exact) mass is 456 g/mol. The Labute approximate surface area is 195 Å². The first kappa shape index (κ1) is 21.0. The summed E-state index contributed by atoms with van der Waals surface area (Å²) in [6.07, 6.45) is 4.12. The molecule has 2 aromatic carbocycles. The Kier molecular flexibility index (Phi) is 5.67. The van der Waals surface area contributed by atoms with Crippen molar-refractivity contribution in [2.45, 2.75) is 19.8 Å². The number of fused-ring (bicyclic) bond motifs is 1. The second kappa shape index (κ2) is 8.92. The van der Waals surface area contributed by atoms with Gasteiger partial charge in [-0.05, 0) is 30.7 Å². The Morgan fingerprint density at radius 2 is 1.85 bits per heavy atom. The van der Waals surface area contributed by atoms with Gasteiger partial charge in [0.25, 0.3) is 0 Å². The van der Waals surface area contributed by atoms with E-state index in [1.165, 1.54) is 0 Å². The molecule has 0 saturated carbocycles. The van der Waals surface area contributed by atoms with Gasteiger partial charge in [-0.25, -0.2) is 9.97 Å². The lowest BCUT2D eigenvalue weighted by Crippen LogP contribution is -2.14. The molecule has 0 fully saturated rings. The van der Waals surface area contributed by atoms with Gasteiger partial charge in [-0.15, -0.1) is 0 Å². The van der Waals surface area contributed by atoms with E-state index in [4.69, 9.17) is 21.0 Å². The summed E-state index contributed by atoms with van der Waals surface area (Å²) >= 11 is 6.24. The summed E-state index contributed by atoms with van der Waals surface area (Å²) in [7, 11) is 0. The molecule has 3 aromatic heterocycles. The number of nitrogens with zero attached hydrogens (tertiary/aromatic N) is 3. The molecule has 0 atom stereocenters. The number of hydrogen-bond acceptors (Lipinski definition) is 4. The van der Waals surface area contributed by atoms with Crippen molar-refractivity contribution in [2.24, 2.45) is 0 Å². The second-order valence-electron chi connectivity index (χ2n) is 7.71. The van der Waals surface area contributed by atoms with Crippen LogP contribution in [0.2, 0.25) is 5.02 Å². The van der Waals surface area contributed by atoms with Gasteiger partial charge in [0.15, 0.2) is 11.7 Å². The maximum absolute atomic E-state index is 12.9. The van der Waals surface area contributed by atoms with E-state index in [0.717, 1.165) is 28.0 Å². The highest BCUT2D eigenvalue weighted by molar-refractivity contribution is 6.33. The standard InChI is InChI=1S/C26H21ClN4O2/c1-17-8-7-15-31-25(17)30-24(18-9-3-2-4-10-18)26(31)29-22(32)13-14-23-28-16-21(33-23)19-11-5-6-12-20(19)27/h2-12,15-16H,13-14H2,1H3,(H,29,32). The molecule has 0 aliphatic heterocycles. The van der Waals surface area contributed by atoms with E-state index >= 15 is 0 Å². The fourth-order valence-corrected chi connectivity index (χ4v) is 3.98. The molecule has 3 heterocycles. The van der Waals surface area contributed by atoms with E-state index in [2.05, 4.69) is 10.3 Å². The molecule has 0 spiro atoms. The maximum Gasteiger partial charge on any atom is 0.226 e. The highest BCUT2D eigenvalue weighted by Crippen LogP contribution is 2.30. The number of rotatable bonds is 6. The van der Waals surface area contributed by atoms with Gasteiger partial charge in [0.05, 0.1) is 11.2 Å². The van der Waals surface area contributed by atoms with E-state index in [0.29, 0.717) is 28.9 Å². The number of benzene rings is 2. The number of nitrogens with one attached hydrogen (secondary N) is 1. The molecular weight excluding hydrogens is 436 g/mol. The molecule has 33 heavy (non-hydrogen) atoms. The molecule has 0 aliphatic carbocycles. The fraction of sp³-hybridized carbons (Fsp3) is 0.115. The summed E-state index contributed by atoms with van der Waals surface area (Å²) in [6.45, 7) is 2.00. The Hall–Kier alpha value is -3.90. The van der Waals surface area contributed by atoms with Crippen LogP contribution < -0.4 is 5.32 Å². The number of pyridine rings is 1. The van der Waals surface area contributed by atoms with Crippen molar-refractivity contribution in [3.05, 3.63) is 95.6 Å². The Balaban J connectivity index is 1.36. The van der Waals surface area contributed by atoms with E-state index < -0.39 is 0 Å². The van der Waals surface area contributed by atoms with Crippen LogP contribution in [0.25, 0.3) is 28.2 Å². The van der Waals surface area contributed by atoms with Crippen molar-refractivity contribution >= 4 is 29.0 Å². The molecule has 7 heteroatoms. The molecule has 1 amide bonds. The van der Waals surface area contributed by atoms with E-state index in [1.54, 1.807) is 12.3 Å². The number of carbonyl (C=O) groups is 1. The molecule has 0 radical (unpaired) electrons. The Bertz CT molecular complexity index is 1440. The van der Waals surface area contributed by atoms with Gasteiger partial charge in [0.1, 0.15) is 17.2 Å². The third-order valence-corrected chi connectivity index (χ3v) is 5.74. The molecule has 0 saturated heterocycles. The van der Waals surface area contributed by atoms with Crippen LogP contribution in [0.15, 0.2) is 83.5 Å². The van der Waals surface area contributed by atoms with Crippen molar-refractivity contribution in [3.63, 3.8) is 0 Å². The molecule has 164 valence electrons. The van der Waals surface area contributed by atoms with Crippen LogP contribution in [0.1, 0.15) is 17.9 Å². The maximum atomic E-state index is 12.9. The van der Waals surface area contributed by atoms with Gasteiger partial charge < -0.3 is 9.73 Å². The number of imidazole rings is 1. The predicted molar refractivity (Wildman–Crippen MR) is 129 cm³/mol. The van der Waals surface area contributed by atoms with Crippen molar-refractivity contribution in [2.75, 3.05) is 5.32 Å². The van der Waals surface area contributed by atoms with Gasteiger partial charge >= 0.3 is 0 Å². The number of anilines is 1. The Morgan fingerprint density at radius 1 is 1.06 bits per heavy atom. The highest BCUT2D eigenvalue weighted by atomic mass is 35.5. The number of oxazole rings is 1. The molecule has 6 nitrogen and oxygen atoms in total. The highest BCUT2D eigenvalue weighted by Gasteiger charge is 2.18. The second-order valence-corrected chi connectivity index (χ2v) is 8.11. The van der Waals surface area contributed by atoms with Gasteiger partial charge in [0.2, 0.25) is 5.91 Å². The summed E-state index contributed by atoms with van der Waals surface area (Å²) < 4.78 is 7.73. The number of halogens is 1. The van der Waals surface area contributed by atoms with Crippen molar-refractivity contribution in [3.8, 4) is 22.6 Å². The molecule has 5 aromatic rings. The number of aryl methyl sites for hydroxylation is 2. The summed E-state index contributed by atoms with van der Waals surface area (Å²) in [4.78, 5) is 22.0. The smallest absolute Gasteiger partial charge is 0.226 e. The number of hydrogen-bond donors (Lipinski definition) is 1. The average Bonchev–Trinajstić information content (AvgIpc) is 3.45. The lowest BCUT2D eigenvalue weighted by molar-refractivity contribution is -0.116. The minimum Gasteiger partial charge on any atom is -0.441 e. The minimum atomic E-state index is -0.145. The fourth-order valence-electron chi connectivity index (χ4n) is 3.75. The van der Waals surface area contributed by atoms with Crippen LogP contribution in [0.3, 0.4) is 0 Å². The topological polar surface area (TPSA) is 72.4 Å². The average molecular weight is 457 g/mol. The summed E-state index contributed by atoms with van der Waals surface area (Å²) in [6, 6.07) is 21.2. The van der Waals surface area contributed by atoms with Crippen molar-refractivity contribution in [1.82, 2.24) is 14.4 Å². The molecule has 0 bridgehead atoms. The summed E-state index contributed by atoms with van der Waals surface area (Å²) in [5.74, 6) is 1.57. The molecule has 1 N–H and O–H groups in total. The number of amides is 1. The van der Waals surface area contributed by atoms with Crippen LogP contribution >= 0.6 is 11.6 Å². The zero-order valence-electron chi connectivity index (χ0n) is 18.0.